The quantitative estimate of drug-likeness (QED) is 0.718. The van der Waals surface area contributed by atoms with Crippen molar-refractivity contribution in [2.24, 2.45) is 0 Å². The van der Waals surface area contributed by atoms with Crippen LogP contribution in [0.5, 0.6) is 0 Å². The Morgan fingerprint density at radius 3 is 3.04 bits per heavy atom. The van der Waals surface area contributed by atoms with Gasteiger partial charge in [-0.25, -0.2) is 4.98 Å². The van der Waals surface area contributed by atoms with E-state index in [1.165, 1.54) is 16.0 Å². The molecule has 0 aliphatic carbocycles. The molecule has 2 aromatic heterocycles. The summed E-state index contributed by atoms with van der Waals surface area (Å²) in [5, 5.41) is 0.557. The number of ether oxygens (including phenoxy) is 1. The SMILES string of the molecule is CCc1cc2c(s1)CCO[C@@]21CCN(Cc2ccc(Cl)nc2)[C@@H](C)C1. The fraction of sp³-hybridized carbons (Fsp3) is 0.550. The van der Waals surface area contributed by atoms with Crippen molar-refractivity contribution in [2.75, 3.05) is 13.2 Å². The number of piperidine rings is 1. The van der Waals surface area contributed by atoms with Crippen LogP contribution in [-0.2, 0) is 29.7 Å². The number of hydrogen-bond donors (Lipinski definition) is 0. The second-order valence-electron chi connectivity index (χ2n) is 7.26. The highest BCUT2D eigenvalue weighted by molar-refractivity contribution is 7.12. The molecule has 4 rings (SSSR count). The van der Waals surface area contributed by atoms with Crippen molar-refractivity contribution >= 4 is 22.9 Å². The average molecular weight is 377 g/mol. The molecule has 1 saturated heterocycles. The molecule has 0 radical (unpaired) electrons. The van der Waals surface area contributed by atoms with E-state index in [1.54, 1.807) is 4.88 Å². The van der Waals surface area contributed by atoms with Crippen LogP contribution in [0.3, 0.4) is 0 Å². The Balaban J connectivity index is 1.51. The van der Waals surface area contributed by atoms with E-state index in [0.717, 1.165) is 45.4 Å². The lowest BCUT2D eigenvalue weighted by molar-refractivity contribution is -0.112. The van der Waals surface area contributed by atoms with E-state index in [1.807, 2.05) is 23.6 Å². The molecule has 1 spiro atoms. The lowest BCUT2D eigenvalue weighted by Gasteiger charge is -2.47. The molecule has 0 aromatic carbocycles. The maximum absolute atomic E-state index is 6.43. The lowest BCUT2D eigenvalue weighted by atomic mass is 9.79. The van der Waals surface area contributed by atoms with Crippen LogP contribution in [0.4, 0.5) is 0 Å². The average Bonchev–Trinajstić information content (AvgIpc) is 3.04. The number of thiophene rings is 1. The molecule has 0 unspecified atom stereocenters. The number of aromatic nitrogens is 1. The van der Waals surface area contributed by atoms with Crippen LogP contribution in [0.25, 0.3) is 0 Å². The van der Waals surface area contributed by atoms with Crippen LogP contribution >= 0.6 is 22.9 Å². The van der Waals surface area contributed by atoms with Crippen molar-refractivity contribution in [3.63, 3.8) is 0 Å². The zero-order valence-corrected chi connectivity index (χ0v) is 16.5. The number of fused-ring (bicyclic) bond motifs is 2. The third kappa shape index (κ3) is 3.37. The van der Waals surface area contributed by atoms with Gasteiger partial charge >= 0.3 is 0 Å². The largest absolute Gasteiger partial charge is 0.370 e. The third-order valence-electron chi connectivity index (χ3n) is 5.63. The van der Waals surface area contributed by atoms with Gasteiger partial charge in [-0.3, -0.25) is 4.90 Å². The fourth-order valence-corrected chi connectivity index (χ4v) is 5.53. The molecule has 2 aromatic rings. The van der Waals surface area contributed by atoms with E-state index in [2.05, 4.69) is 35.9 Å². The minimum atomic E-state index is -0.0638. The fourth-order valence-electron chi connectivity index (χ4n) is 4.24. The first-order chi connectivity index (χ1) is 12.1. The summed E-state index contributed by atoms with van der Waals surface area (Å²) in [4.78, 5) is 9.81. The molecule has 4 heterocycles. The first-order valence-corrected chi connectivity index (χ1v) is 10.4. The summed E-state index contributed by atoms with van der Waals surface area (Å²) in [7, 11) is 0. The predicted molar refractivity (Wildman–Crippen MR) is 103 cm³/mol. The summed E-state index contributed by atoms with van der Waals surface area (Å²) in [5.41, 5.74) is 2.65. The van der Waals surface area contributed by atoms with E-state index < -0.39 is 0 Å². The van der Waals surface area contributed by atoms with Gasteiger partial charge in [-0.15, -0.1) is 11.3 Å². The molecule has 5 heteroatoms. The number of halogens is 1. The van der Waals surface area contributed by atoms with Gasteiger partial charge in [0.1, 0.15) is 5.15 Å². The van der Waals surface area contributed by atoms with Gasteiger partial charge in [-0.2, -0.15) is 0 Å². The molecule has 2 atom stereocenters. The molecule has 134 valence electrons. The van der Waals surface area contributed by atoms with Gasteiger partial charge in [0.25, 0.3) is 0 Å². The van der Waals surface area contributed by atoms with E-state index in [9.17, 15) is 0 Å². The van der Waals surface area contributed by atoms with Crippen molar-refractivity contribution in [3.05, 3.63) is 50.4 Å². The smallest absolute Gasteiger partial charge is 0.129 e. The number of likely N-dealkylation sites (tertiary alicyclic amines) is 1. The normalized spacial score (nSPS) is 26.8. The summed E-state index contributed by atoms with van der Waals surface area (Å²) >= 11 is 7.90. The maximum atomic E-state index is 6.43. The summed E-state index contributed by atoms with van der Waals surface area (Å²) in [6.45, 7) is 7.42. The zero-order valence-electron chi connectivity index (χ0n) is 14.9. The van der Waals surface area contributed by atoms with E-state index in [-0.39, 0.29) is 5.60 Å². The molecule has 0 amide bonds. The Bertz CT molecular complexity index is 745. The molecule has 2 aliphatic heterocycles. The van der Waals surface area contributed by atoms with Gasteiger partial charge < -0.3 is 4.74 Å². The number of aryl methyl sites for hydroxylation is 1. The van der Waals surface area contributed by atoms with Crippen LogP contribution in [-0.4, -0.2) is 29.1 Å². The highest BCUT2D eigenvalue weighted by atomic mass is 35.5. The highest BCUT2D eigenvalue weighted by Crippen LogP contribution is 2.46. The third-order valence-corrected chi connectivity index (χ3v) is 7.20. The minimum absolute atomic E-state index is 0.0638. The van der Waals surface area contributed by atoms with Crippen molar-refractivity contribution in [3.8, 4) is 0 Å². The second-order valence-corrected chi connectivity index (χ2v) is 8.87. The van der Waals surface area contributed by atoms with Gasteiger partial charge in [0.2, 0.25) is 0 Å². The molecule has 0 saturated carbocycles. The monoisotopic (exact) mass is 376 g/mol. The molecule has 0 bridgehead atoms. The molecular formula is C20H25ClN2OS. The topological polar surface area (TPSA) is 25.4 Å². The standard InChI is InChI=1S/C20H25ClN2OS/c1-3-16-10-17-18(25-16)6-9-24-20(17)7-8-23(14(2)11-20)13-15-4-5-19(21)22-12-15/h4-5,10,12,14H,3,6-9,11,13H2,1-2H3/t14-,20+/m0/s1. The number of rotatable bonds is 3. The molecule has 2 aliphatic rings. The summed E-state index contributed by atoms with van der Waals surface area (Å²) in [6.07, 6.45) is 6.24. The minimum Gasteiger partial charge on any atom is -0.370 e. The number of nitrogens with zero attached hydrogens (tertiary/aromatic N) is 2. The van der Waals surface area contributed by atoms with Gasteiger partial charge in [-0.05, 0) is 49.4 Å². The Morgan fingerprint density at radius 2 is 2.32 bits per heavy atom. The van der Waals surface area contributed by atoms with Crippen LogP contribution < -0.4 is 0 Å². The van der Waals surface area contributed by atoms with E-state index in [0.29, 0.717) is 11.2 Å². The first-order valence-electron chi connectivity index (χ1n) is 9.20. The lowest BCUT2D eigenvalue weighted by Crippen LogP contribution is -2.50. The van der Waals surface area contributed by atoms with Gasteiger partial charge in [-0.1, -0.05) is 24.6 Å². The summed E-state index contributed by atoms with van der Waals surface area (Å²) in [5.74, 6) is 0. The van der Waals surface area contributed by atoms with E-state index in [4.69, 9.17) is 16.3 Å². The van der Waals surface area contributed by atoms with Crippen molar-refractivity contribution in [1.82, 2.24) is 9.88 Å². The van der Waals surface area contributed by atoms with Gasteiger partial charge in [0.05, 0.1) is 12.2 Å². The number of pyridine rings is 1. The maximum Gasteiger partial charge on any atom is 0.129 e. The number of hydrogen-bond acceptors (Lipinski definition) is 4. The molecular weight excluding hydrogens is 352 g/mol. The predicted octanol–water partition coefficient (Wildman–Crippen LogP) is 4.81. The highest BCUT2D eigenvalue weighted by Gasteiger charge is 2.44. The van der Waals surface area contributed by atoms with Crippen molar-refractivity contribution in [1.29, 1.82) is 0 Å². The van der Waals surface area contributed by atoms with Crippen LogP contribution in [0.1, 0.15) is 47.6 Å². The van der Waals surface area contributed by atoms with Crippen molar-refractivity contribution < 1.29 is 4.74 Å². The Morgan fingerprint density at radius 1 is 1.44 bits per heavy atom. The molecule has 25 heavy (non-hydrogen) atoms. The molecule has 3 nitrogen and oxygen atoms in total. The summed E-state index contributed by atoms with van der Waals surface area (Å²) < 4.78 is 6.43. The second kappa shape index (κ2) is 6.99. The molecule has 1 fully saturated rings. The zero-order chi connectivity index (χ0) is 17.4. The van der Waals surface area contributed by atoms with Crippen LogP contribution in [0.15, 0.2) is 24.4 Å². The summed E-state index contributed by atoms with van der Waals surface area (Å²) in [6, 6.07) is 6.86. The molecule has 0 N–H and O–H groups in total. The van der Waals surface area contributed by atoms with Gasteiger partial charge in [0, 0.05) is 41.5 Å². The van der Waals surface area contributed by atoms with Crippen molar-refractivity contribution in [2.45, 2.75) is 57.7 Å². The van der Waals surface area contributed by atoms with E-state index >= 15 is 0 Å². The Labute approximate surface area is 159 Å². The van der Waals surface area contributed by atoms with Gasteiger partial charge in [0.15, 0.2) is 0 Å². The Hall–Kier alpha value is -0.940. The first kappa shape index (κ1) is 17.5. The van der Waals surface area contributed by atoms with Crippen LogP contribution in [0, 0.1) is 0 Å². The Kier molecular flexibility index (Phi) is 4.89. The van der Waals surface area contributed by atoms with Crippen LogP contribution in [0.2, 0.25) is 5.15 Å².